The number of benzene rings is 1. The van der Waals surface area contributed by atoms with E-state index in [9.17, 15) is 0 Å². The SMILES string of the molecule is NC1=Nc2c(ncn2-c2ccc(OCCN3CCOCC3)cc2)C(N)N1. The van der Waals surface area contributed by atoms with Gasteiger partial charge < -0.3 is 26.3 Å². The highest BCUT2D eigenvalue weighted by Crippen LogP contribution is 2.28. The largest absolute Gasteiger partial charge is 0.492 e. The smallest absolute Gasteiger partial charge is 0.196 e. The van der Waals surface area contributed by atoms with Gasteiger partial charge in [-0.25, -0.2) is 4.98 Å². The first-order chi connectivity index (χ1) is 12.7. The highest BCUT2D eigenvalue weighted by atomic mass is 16.5. The van der Waals surface area contributed by atoms with Crippen molar-refractivity contribution in [2.24, 2.45) is 16.5 Å². The minimum atomic E-state index is -0.452. The lowest BCUT2D eigenvalue weighted by Crippen LogP contribution is -2.41. The van der Waals surface area contributed by atoms with Crippen LogP contribution >= 0.6 is 0 Å². The van der Waals surface area contributed by atoms with Gasteiger partial charge in [0.1, 0.15) is 30.5 Å². The predicted octanol–water partition coefficient (Wildman–Crippen LogP) is 0.0900. The second-order valence-electron chi connectivity index (χ2n) is 6.24. The Hall–Kier alpha value is -2.62. The molecule has 0 aliphatic carbocycles. The first kappa shape index (κ1) is 16.8. The van der Waals surface area contributed by atoms with Crippen molar-refractivity contribution in [1.82, 2.24) is 19.8 Å². The van der Waals surface area contributed by atoms with E-state index in [0.29, 0.717) is 18.1 Å². The van der Waals surface area contributed by atoms with Gasteiger partial charge in [0.05, 0.1) is 13.2 Å². The summed E-state index contributed by atoms with van der Waals surface area (Å²) < 4.78 is 13.1. The van der Waals surface area contributed by atoms with E-state index >= 15 is 0 Å². The minimum Gasteiger partial charge on any atom is -0.492 e. The first-order valence-electron chi connectivity index (χ1n) is 8.67. The summed E-state index contributed by atoms with van der Waals surface area (Å²) in [7, 11) is 0. The van der Waals surface area contributed by atoms with Gasteiger partial charge in [-0.15, -0.1) is 0 Å². The summed E-state index contributed by atoms with van der Waals surface area (Å²) in [5, 5.41) is 2.86. The summed E-state index contributed by atoms with van der Waals surface area (Å²) in [5.41, 5.74) is 13.4. The van der Waals surface area contributed by atoms with Crippen LogP contribution in [0.4, 0.5) is 5.82 Å². The molecule has 1 fully saturated rings. The van der Waals surface area contributed by atoms with E-state index in [0.717, 1.165) is 44.3 Å². The molecule has 2 aliphatic rings. The average Bonchev–Trinajstić information content (AvgIpc) is 3.07. The number of ether oxygens (including phenoxy) is 2. The molecule has 0 amide bonds. The molecule has 2 aromatic rings. The lowest BCUT2D eigenvalue weighted by atomic mass is 10.2. The molecule has 0 bridgehead atoms. The minimum absolute atomic E-state index is 0.287. The number of aliphatic imine (C=N–C) groups is 1. The quantitative estimate of drug-likeness (QED) is 0.694. The Morgan fingerprint density at radius 3 is 2.77 bits per heavy atom. The third-order valence-corrected chi connectivity index (χ3v) is 4.49. The number of nitrogens with zero attached hydrogens (tertiary/aromatic N) is 4. The molecule has 2 aliphatic heterocycles. The van der Waals surface area contributed by atoms with Crippen molar-refractivity contribution in [3.8, 4) is 11.4 Å². The van der Waals surface area contributed by atoms with Crippen LogP contribution < -0.4 is 21.5 Å². The Labute approximate surface area is 151 Å². The maximum atomic E-state index is 5.99. The normalized spacial score (nSPS) is 20.2. The van der Waals surface area contributed by atoms with Crippen LogP contribution in [0.2, 0.25) is 0 Å². The number of morpholine rings is 1. The molecule has 1 unspecified atom stereocenters. The Kier molecular flexibility index (Phi) is 4.74. The molecule has 0 spiro atoms. The molecule has 1 atom stereocenters. The van der Waals surface area contributed by atoms with E-state index in [1.807, 2.05) is 28.8 Å². The summed E-state index contributed by atoms with van der Waals surface area (Å²) in [6.07, 6.45) is 1.24. The molecule has 138 valence electrons. The zero-order chi connectivity index (χ0) is 17.9. The molecule has 0 radical (unpaired) electrons. The van der Waals surface area contributed by atoms with Gasteiger partial charge >= 0.3 is 0 Å². The van der Waals surface area contributed by atoms with Crippen molar-refractivity contribution in [2.75, 3.05) is 39.5 Å². The molecule has 1 aromatic carbocycles. The highest BCUT2D eigenvalue weighted by Gasteiger charge is 2.23. The zero-order valence-electron chi connectivity index (χ0n) is 14.5. The van der Waals surface area contributed by atoms with Gasteiger partial charge in [-0.2, -0.15) is 4.99 Å². The fourth-order valence-corrected chi connectivity index (χ4v) is 3.07. The summed E-state index contributed by atoms with van der Waals surface area (Å²) >= 11 is 0. The molecule has 0 saturated carbocycles. The Morgan fingerprint density at radius 1 is 1.23 bits per heavy atom. The van der Waals surface area contributed by atoms with Gasteiger partial charge in [0.25, 0.3) is 0 Å². The van der Waals surface area contributed by atoms with Crippen LogP contribution in [-0.2, 0) is 4.74 Å². The second-order valence-corrected chi connectivity index (χ2v) is 6.24. The van der Waals surface area contributed by atoms with E-state index in [1.165, 1.54) is 0 Å². The van der Waals surface area contributed by atoms with Gasteiger partial charge in [-0.05, 0) is 24.3 Å². The van der Waals surface area contributed by atoms with Crippen LogP contribution in [0.15, 0.2) is 35.6 Å². The third kappa shape index (κ3) is 3.50. The summed E-state index contributed by atoms with van der Waals surface area (Å²) in [4.78, 5) is 11.0. The number of hydrogen-bond donors (Lipinski definition) is 3. The second kappa shape index (κ2) is 7.32. The average molecular weight is 357 g/mol. The lowest BCUT2D eigenvalue weighted by Gasteiger charge is -2.26. The van der Waals surface area contributed by atoms with Crippen molar-refractivity contribution >= 4 is 11.8 Å². The van der Waals surface area contributed by atoms with Crippen molar-refractivity contribution in [3.63, 3.8) is 0 Å². The Bertz CT molecular complexity index is 781. The number of aromatic nitrogens is 2. The number of rotatable bonds is 5. The Balaban J connectivity index is 1.41. The van der Waals surface area contributed by atoms with Crippen LogP contribution in [0, 0.1) is 0 Å². The fourth-order valence-electron chi connectivity index (χ4n) is 3.07. The summed E-state index contributed by atoms with van der Waals surface area (Å²) in [6.45, 7) is 5.09. The van der Waals surface area contributed by atoms with E-state index in [4.69, 9.17) is 20.9 Å². The predicted molar refractivity (Wildman–Crippen MR) is 97.7 cm³/mol. The summed E-state index contributed by atoms with van der Waals surface area (Å²) in [6, 6.07) is 7.81. The van der Waals surface area contributed by atoms with Crippen molar-refractivity contribution < 1.29 is 9.47 Å². The molecular weight excluding hydrogens is 334 g/mol. The monoisotopic (exact) mass is 357 g/mol. The van der Waals surface area contributed by atoms with Gasteiger partial charge in [-0.3, -0.25) is 9.47 Å². The molecule has 26 heavy (non-hydrogen) atoms. The number of guanidine groups is 1. The molecule has 9 nitrogen and oxygen atoms in total. The van der Waals surface area contributed by atoms with Crippen molar-refractivity contribution in [1.29, 1.82) is 0 Å². The standard InChI is InChI=1S/C17H23N7O2/c18-15-14-16(22-17(19)21-15)24(11-20-14)12-1-3-13(4-2-12)26-10-7-23-5-8-25-9-6-23/h1-4,11,15H,5-10,18H2,(H3,19,21,22). The van der Waals surface area contributed by atoms with Gasteiger partial charge in [0.2, 0.25) is 0 Å². The van der Waals surface area contributed by atoms with Crippen LogP contribution in [0.1, 0.15) is 11.9 Å². The maximum Gasteiger partial charge on any atom is 0.196 e. The highest BCUT2D eigenvalue weighted by molar-refractivity contribution is 5.83. The molecule has 5 N–H and O–H groups in total. The van der Waals surface area contributed by atoms with E-state index in [-0.39, 0.29) is 5.96 Å². The molecular formula is C17H23N7O2. The van der Waals surface area contributed by atoms with Crippen LogP contribution in [0.25, 0.3) is 5.69 Å². The number of imidazole rings is 1. The maximum absolute atomic E-state index is 5.99. The Morgan fingerprint density at radius 2 is 2.00 bits per heavy atom. The van der Waals surface area contributed by atoms with Crippen molar-refractivity contribution in [2.45, 2.75) is 6.17 Å². The van der Waals surface area contributed by atoms with E-state index in [2.05, 4.69) is 20.2 Å². The van der Waals surface area contributed by atoms with Crippen LogP contribution in [0.5, 0.6) is 5.75 Å². The van der Waals surface area contributed by atoms with Crippen LogP contribution in [0.3, 0.4) is 0 Å². The van der Waals surface area contributed by atoms with E-state index in [1.54, 1.807) is 6.33 Å². The molecule has 3 heterocycles. The molecule has 4 rings (SSSR count). The summed E-state index contributed by atoms with van der Waals surface area (Å²) in [5.74, 6) is 1.77. The number of fused-ring (bicyclic) bond motifs is 1. The van der Waals surface area contributed by atoms with Crippen LogP contribution in [-0.4, -0.2) is 59.9 Å². The lowest BCUT2D eigenvalue weighted by molar-refractivity contribution is 0.0322. The van der Waals surface area contributed by atoms with Gasteiger partial charge in [0, 0.05) is 25.3 Å². The molecule has 9 heteroatoms. The topological polar surface area (TPSA) is 116 Å². The number of nitrogens with two attached hydrogens (primary N) is 2. The number of hydrogen-bond acceptors (Lipinski definition) is 8. The van der Waals surface area contributed by atoms with Gasteiger partial charge in [0.15, 0.2) is 11.8 Å². The molecule has 1 aromatic heterocycles. The van der Waals surface area contributed by atoms with Gasteiger partial charge in [-0.1, -0.05) is 0 Å². The van der Waals surface area contributed by atoms with Crippen molar-refractivity contribution in [3.05, 3.63) is 36.3 Å². The molecule has 1 saturated heterocycles. The van der Waals surface area contributed by atoms with E-state index < -0.39 is 6.17 Å². The zero-order valence-corrected chi connectivity index (χ0v) is 14.5. The number of nitrogens with one attached hydrogen (secondary N) is 1. The third-order valence-electron chi connectivity index (χ3n) is 4.49. The fraction of sp³-hybridized carbons (Fsp3) is 0.412. The first-order valence-corrected chi connectivity index (χ1v) is 8.67.